The van der Waals surface area contributed by atoms with E-state index in [4.69, 9.17) is 23.2 Å². The summed E-state index contributed by atoms with van der Waals surface area (Å²) in [4.78, 5) is 0. The highest BCUT2D eigenvalue weighted by molar-refractivity contribution is 6.41. The first-order chi connectivity index (χ1) is 6.80. The van der Waals surface area contributed by atoms with Crippen LogP contribution in [-0.2, 0) is 0 Å². The first kappa shape index (κ1) is 14.3. The molecule has 0 saturated heterocycles. The Hall–Kier alpha value is -0.690. The van der Waals surface area contributed by atoms with Crippen LogP contribution in [0.2, 0.25) is 10.0 Å². The Morgan fingerprint density at radius 2 is 0.800 bits per heavy atom. The number of hydrogen-bond acceptors (Lipinski definition) is 0. The van der Waals surface area contributed by atoms with E-state index in [9.17, 15) is 0 Å². The molecule has 0 aromatic heterocycles. The number of hydrogen-bond donors (Lipinski definition) is 0. The second-order valence-electron chi connectivity index (χ2n) is 2.57. The molecule has 0 N–H and O–H groups in total. The molecule has 0 spiro atoms. The molecule has 0 saturated carbocycles. The predicted molar refractivity (Wildman–Crippen MR) is 70.2 cm³/mol. The molecule has 2 aromatic rings. The third kappa shape index (κ3) is 6.40. The van der Waals surface area contributed by atoms with Gasteiger partial charge in [-0.25, -0.2) is 0 Å². The fourth-order valence-electron chi connectivity index (χ4n) is 0.824. The zero-order chi connectivity index (χ0) is 10.2. The van der Waals surface area contributed by atoms with Crippen molar-refractivity contribution in [3.63, 3.8) is 0 Å². The molecule has 0 aliphatic heterocycles. The highest BCUT2D eigenvalue weighted by Crippen LogP contribution is 2.19. The summed E-state index contributed by atoms with van der Waals surface area (Å²) in [6.07, 6.45) is 0. The molecule has 0 bridgehead atoms. The molecule has 0 fully saturated rings. The zero-order valence-electron chi connectivity index (χ0n) is 7.94. The van der Waals surface area contributed by atoms with E-state index in [0.29, 0.717) is 10.0 Å². The standard InChI is InChI=1S/C6H4Cl2.C6H6.ClH/c7-5-3-1-2-4-6(5)8;1-2-4-6-5-3-1;/h1-4H;1-6H;1H. The van der Waals surface area contributed by atoms with Crippen LogP contribution in [0.25, 0.3) is 0 Å². The van der Waals surface area contributed by atoms with Crippen molar-refractivity contribution in [1.82, 2.24) is 0 Å². The Labute approximate surface area is 106 Å². The minimum Gasteiger partial charge on any atom is -0.147 e. The molecule has 3 heteroatoms. The van der Waals surface area contributed by atoms with Crippen molar-refractivity contribution < 1.29 is 0 Å². The molecule has 0 unspecified atom stereocenters. The van der Waals surface area contributed by atoms with Gasteiger partial charge in [0.1, 0.15) is 0 Å². The van der Waals surface area contributed by atoms with Crippen LogP contribution in [0.15, 0.2) is 60.7 Å². The van der Waals surface area contributed by atoms with Crippen molar-refractivity contribution in [3.05, 3.63) is 70.7 Å². The fraction of sp³-hybridized carbons (Fsp3) is 0. The van der Waals surface area contributed by atoms with Crippen molar-refractivity contribution in [2.45, 2.75) is 0 Å². The summed E-state index contributed by atoms with van der Waals surface area (Å²) in [5, 5.41) is 1.21. The molecule has 80 valence electrons. The van der Waals surface area contributed by atoms with Gasteiger partial charge >= 0.3 is 0 Å². The van der Waals surface area contributed by atoms with Crippen LogP contribution in [-0.4, -0.2) is 0 Å². The van der Waals surface area contributed by atoms with Gasteiger partial charge in [-0.1, -0.05) is 71.7 Å². The second kappa shape index (κ2) is 8.60. The summed E-state index contributed by atoms with van der Waals surface area (Å²) in [6.45, 7) is 0. The minimum atomic E-state index is 0. The van der Waals surface area contributed by atoms with Crippen molar-refractivity contribution >= 4 is 35.6 Å². The summed E-state index contributed by atoms with van der Waals surface area (Å²) in [6, 6.07) is 19.2. The van der Waals surface area contributed by atoms with Crippen LogP contribution >= 0.6 is 35.6 Å². The van der Waals surface area contributed by atoms with Gasteiger partial charge < -0.3 is 0 Å². The molecule has 0 amide bonds. The number of benzene rings is 2. The highest BCUT2D eigenvalue weighted by Gasteiger charge is 1.89. The smallest absolute Gasteiger partial charge is 0.0592 e. The normalized spacial score (nSPS) is 8.13. The lowest BCUT2D eigenvalue weighted by Crippen LogP contribution is -1.62. The van der Waals surface area contributed by atoms with E-state index in [1.54, 1.807) is 12.1 Å². The molecule has 0 nitrogen and oxygen atoms in total. The Morgan fingerprint density at radius 3 is 1.00 bits per heavy atom. The number of rotatable bonds is 0. The van der Waals surface area contributed by atoms with Crippen molar-refractivity contribution in [2.75, 3.05) is 0 Å². The van der Waals surface area contributed by atoms with Crippen LogP contribution < -0.4 is 0 Å². The summed E-state index contributed by atoms with van der Waals surface area (Å²) in [7, 11) is 0. The summed E-state index contributed by atoms with van der Waals surface area (Å²) in [5.41, 5.74) is 0. The van der Waals surface area contributed by atoms with E-state index in [0.717, 1.165) is 0 Å². The van der Waals surface area contributed by atoms with E-state index in [1.807, 2.05) is 48.5 Å². The lowest BCUT2D eigenvalue weighted by molar-refractivity contribution is 1.71. The summed E-state index contributed by atoms with van der Waals surface area (Å²) >= 11 is 11.2. The Bertz CT molecular complexity index is 313. The van der Waals surface area contributed by atoms with Gasteiger partial charge in [0.05, 0.1) is 10.0 Å². The molecular weight excluding hydrogens is 250 g/mol. The quantitative estimate of drug-likeness (QED) is 0.619. The Balaban J connectivity index is 0.000000253. The molecule has 0 atom stereocenters. The van der Waals surface area contributed by atoms with Crippen LogP contribution in [0, 0.1) is 0 Å². The topological polar surface area (TPSA) is 0 Å². The van der Waals surface area contributed by atoms with Gasteiger partial charge in [-0.3, -0.25) is 0 Å². The first-order valence-corrected chi connectivity index (χ1v) is 4.96. The lowest BCUT2D eigenvalue weighted by atomic mass is 10.4. The first-order valence-electron chi connectivity index (χ1n) is 4.21. The summed E-state index contributed by atoms with van der Waals surface area (Å²) in [5.74, 6) is 0. The van der Waals surface area contributed by atoms with Gasteiger partial charge in [-0.05, 0) is 12.1 Å². The van der Waals surface area contributed by atoms with Gasteiger partial charge in [0, 0.05) is 0 Å². The van der Waals surface area contributed by atoms with Crippen molar-refractivity contribution in [1.29, 1.82) is 0 Å². The second-order valence-corrected chi connectivity index (χ2v) is 3.38. The average Bonchev–Trinajstić information content (AvgIpc) is 2.26. The van der Waals surface area contributed by atoms with Crippen LogP contribution in [0.3, 0.4) is 0 Å². The molecule has 2 rings (SSSR count). The van der Waals surface area contributed by atoms with Gasteiger partial charge in [0.2, 0.25) is 0 Å². The molecule has 0 aliphatic carbocycles. The maximum Gasteiger partial charge on any atom is 0.0592 e. The highest BCUT2D eigenvalue weighted by atomic mass is 35.5. The zero-order valence-corrected chi connectivity index (χ0v) is 10.3. The maximum absolute atomic E-state index is 5.58. The molecule has 0 heterocycles. The monoisotopic (exact) mass is 260 g/mol. The van der Waals surface area contributed by atoms with Crippen LogP contribution in [0.1, 0.15) is 0 Å². The molecule has 15 heavy (non-hydrogen) atoms. The van der Waals surface area contributed by atoms with Crippen molar-refractivity contribution in [3.8, 4) is 0 Å². The summed E-state index contributed by atoms with van der Waals surface area (Å²) < 4.78 is 0. The molecule has 0 aliphatic rings. The fourth-order valence-corrected chi connectivity index (χ4v) is 1.10. The Morgan fingerprint density at radius 1 is 0.533 bits per heavy atom. The van der Waals surface area contributed by atoms with Crippen LogP contribution in [0.4, 0.5) is 0 Å². The third-order valence-corrected chi connectivity index (χ3v) is 2.25. The lowest BCUT2D eigenvalue weighted by Gasteiger charge is -1.88. The average molecular weight is 262 g/mol. The van der Waals surface area contributed by atoms with E-state index < -0.39 is 0 Å². The van der Waals surface area contributed by atoms with Gasteiger partial charge in [-0.15, -0.1) is 12.4 Å². The molecular formula is C12H11Cl3. The number of halogens is 3. The van der Waals surface area contributed by atoms with Gasteiger partial charge in [0.25, 0.3) is 0 Å². The van der Waals surface area contributed by atoms with E-state index in [-0.39, 0.29) is 12.4 Å². The SMILES string of the molecule is Cl.Clc1ccccc1Cl.c1ccccc1. The van der Waals surface area contributed by atoms with E-state index in [2.05, 4.69) is 0 Å². The van der Waals surface area contributed by atoms with Crippen LogP contribution in [0.5, 0.6) is 0 Å². The van der Waals surface area contributed by atoms with Crippen molar-refractivity contribution in [2.24, 2.45) is 0 Å². The van der Waals surface area contributed by atoms with E-state index in [1.165, 1.54) is 0 Å². The Kier molecular flexibility index (Phi) is 8.21. The third-order valence-electron chi connectivity index (χ3n) is 1.49. The predicted octanol–water partition coefficient (Wildman–Crippen LogP) is 5.10. The maximum atomic E-state index is 5.58. The van der Waals surface area contributed by atoms with Gasteiger partial charge in [-0.2, -0.15) is 0 Å². The van der Waals surface area contributed by atoms with Gasteiger partial charge in [0.15, 0.2) is 0 Å². The van der Waals surface area contributed by atoms with E-state index >= 15 is 0 Å². The molecule has 0 radical (unpaired) electrons. The largest absolute Gasteiger partial charge is 0.147 e. The minimum absolute atomic E-state index is 0. The molecule has 2 aromatic carbocycles.